The van der Waals surface area contributed by atoms with Crippen molar-refractivity contribution in [3.63, 3.8) is 0 Å². The molecule has 34 heavy (non-hydrogen) atoms. The Balaban J connectivity index is 0.00000324. The lowest BCUT2D eigenvalue weighted by Gasteiger charge is -2.22. The molecule has 6 nitrogen and oxygen atoms in total. The molecule has 2 aromatic rings. The fourth-order valence-electron chi connectivity index (χ4n) is 4.51. The van der Waals surface area contributed by atoms with Crippen molar-refractivity contribution in [2.45, 2.75) is 45.9 Å². The Hall–Kier alpha value is -2.13. The minimum atomic E-state index is 0. The van der Waals surface area contributed by atoms with Crippen molar-refractivity contribution in [2.24, 2.45) is 10.9 Å². The number of hydrogen-bond donors (Lipinski definition) is 1. The highest BCUT2D eigenvalue weighted by Crippen LogP contribution is 2.18. The number of likely N-dealkylation sites (tertiary alicyclic amines) is 2. The summed E-state index contributed by atoms with van der Waals surface area (Å²) in [6, 6.07) is 18.9. The number of carbonyl (C=O) groups is 1. The van der Waals surface area contributed by atoms with Crippen LogP contribution in [0.15, 0.2) is 59.6 Å². The lowest BCUT2D eigenvalue weighted by molar-refractivity contribution is -0.128. The first-order chi connectivity index (χ1) is 16.2. The van der Waals surface area contributed by atoms with Gasteiger partial charge in [-0.05, 0) is 36.5 Å². The molecule has 0 aromatic heterocycles. The van der Waals surface area contributed by atoms with Crippen molar-refractivity contribution in [2.75, 3.05) is 32.8 Å². The van der Waals surface area contributed by atoms with Gasteiger partial charge in [-0.2, -0.15) is 0 Å². The van der Waals surface area contributed by atoms with Crippen LogP contribution in [0.1, 0.15) is 42.9 Å². The molecular weight excluding hydrogens is 539 g/mol. The standard InChI is InChI=1S/C27H36N4O2.HI/c1-2-28-27(31-16-14-25(19-31)21-33-20-24-7-4-3-5-8-24)29-17-22-10-12-23(13-11-22)18-30-15-6-9-26(30)32;/h3-5,7-8,10-13,25H,2,6,9,14-21H2,1H3,(H,28,29);1H. The van der Waals surface area contributed by atoms with Crippen molar-refractivity contribution >= 4 is 35.8 Å². The predicted molar refractivity (Wildman–Crippen MR) is 147 cm³/mol. The number of ether oxygens (including phenoxy) is 1. The molecule has 0 spiro atoms. The number of hydrogen-bond acceptors (Lipinski definition) is 3. The van der Waals surface area contributed by atoms with Crippen LogP contribution in [-0.4, -0.2) is 54.5 Å². The third kappa shape index (κ3) is 7.70. The van der Waals surface area contributed by atoms with Gasteiger partial charge < -0.3 is 19.9 Å². The molecule has 2 aliphatic rings. The number of aliphatic imine (C=N–C) groups is 1. The summed E-state index contributed by atoms with van der Waals surface area (Å²) in [7, 11) is 0. The van der Waals surface area contributed by atoms with Crippen LogP contribution in [0.4, 0.5) is 0 Å². The minimum absolute atomic E-state index is 0. The Morgan fingerprint density at radius 3 is 2.53 bits per heavy atom. The lowest BCUT2D eigenvalue weighted by atomic mass is 10.1. The van der Waals surface area contributed by atoms with Gasteiger partial charge in [-0.25, -0.2) is 4.99 Å². The van der Waals surface area contributed by atoms with E-state index < -0.39 is 0 Å². The second-order valence-electron chi connectivity index (χ2n) is 9.01. The van der Waals surface area contributed by atoms with Crippen LogP contribution >= 0.6 is 24.0 Å². The average Bonchev–Trinajstić information content (AvgIpc) is 3.47. The topological polar surface area (TPSA) is 57.2 Å². The molecule has 2 heterocycles. The van der Waals surface area contributed by atoms with Crippen LogP contribution in [-0.2, 0) is 29.2 Å². The zero-order chi connectivity index (χ0) is 22.9. The average molecular weight is 577 g/mol. The fourth-order valence-corrected chi connectivity index (χ4v) is 4.51. The zero-order valence-corrected chi connectivity index (χ0v) is 22.4. The molecular formula is C27H37IN4O2. The highest BCUT2D eigenvalue weighted by atomic mass is 127. The number of nitrogens with one attached hydrogen (secondary N) is 1. The van der Waals surface area contributed by atoms with E-state index in [0.29, 0.717) is 32.0 Å². The molecule has 184 valence electrons. The summed E-state index contributed by atoms with van der Waals surface area (Å²) in [6.07, 6.45) is 2.80. The van der Waals surface area contributed by atoms with E-state index in [9.17, 15) is 4.79 Å². The molecule has 0 bridgehead atoms. The quantitative estimate of drug-likeness (QED) is 0.273. The summed E-state index contributed by atoms with van der Waals surface area (Å²) in [6.45, 7) is 8.65. The monoisotopic (exact) mass is 576 g/mol. The largest absolute Gasteiger partial charge is 0.376 e. The Bertz CT molecular complexity index is 920. The van der Waals surface area contributed by atoms with E-state index >= 15 is 0 Å². The highest BCUT2D eigenvalue weighted by Gasteiger charge is 2.25. The van der Waals surface area contributed by atoms with Gasteiger partial charge in [0, 0.05) is 45.1 Å². The van der Waals surface area contributed by atoms with E-state index in [1.807, 2.05) is 11.0 Å². The van der Waals surface area contributed by atoms with E-state index in [1.54, 1.807) is 0 Å². The number of nitrogens with zero attached hydrogens (tertiary/aromatic N) is 3. The second-order valence-corrected chi connectivity index (χ2v) is 9.01. The molecule has 2 aromatic carbocycles. The van der Waals surface area contributed by atoms with Crippen molar-refractivity contribution < 1.29 is 9.53 Å². The van der Waals surface area contributed by atoms with Crippen molar-refractivity contribution in [1.82, 2.24) is 15.1 Å². The summed E-state index contributed by atoms with van der Waals surface area (Å²) < 4.78 is 5.97. The first kappa shape index (κ1) is 26.5. The molecule has 4 rings (SSSR count). The maximum atomic E-state index is 11.8. The van der Waals surface area contributed by atoms with E-state index in [0.717, 1.165) is 51.6 Å². The van der Waals surface area contributed by atoms with Gasteiger partial charge in [0.15, 0.2) is 5.96 Å². The van der Waals surface area contributed by atoms with Gasteiger partial charge in [-0.1, -0.05) is 54.6 Å². The molecule has 0 aliphatic carbocycles. The van der Waals surface area contributed by atoms with Crippen molar-refractivity contribution in [3.8, 4) is 0 Å². The molecule has 7 heteroatoms. The Kier molecular flexibility index (Phi) is 10.7. The molecule has 2 aliphatic heterocycles. The smallest absolute Gasteiger partial charge is 0.222 e. The molecule has 1 N–H and O–H groups in total. The van der Waals surface area contributed by atoms with Crippen LogP contribution in [0.3, 0.4) is 0 Å². The van der Waals surface area contributed by atoms with Crippen LogP contribution in [0.5, 0.6) is 0 Å². The first-order valence-corrected chi connectivity index (χ1v) is 12.2. The maximum absolute atomic E-state index is 11.8. The van der Waals surface area contributed by atoms with Crippen molar-refractivity contribution in [3.05, 3.63) is 71.3 Å². The van der Waals surface area contributed by atoms with Gasteiger partial charge in [0.1, 0.15) is 0 Å². The van der Waals surface area contributed by atoms with Gasteiger partial charge in [-0.3, -0.25) is 4.79 Å². The summed E-state index contributed by atoms with van der Waals surface area (Å²) in [5, 5.41) is 3.45. The summed E-state index contributed by atoms with van der Waals surface area (Å²) in [4.78, 5) is 21.0. The van der Waals surface area contributed by atoms with Crippen LogP contribution < -0.4 is 5.32 Å². The van der Waals surface area contributed by atoms with Gasteiger partial charge in [0.05, 0.1) is 19.8 Å². The van der Waals surface area contributed by atoms with Crippen LogP contribution in [0, 0.1) is 5.92 Å². The number of halogens is 1. The third-order valence-electron chi connectivity index (χ3n) is 6.36. The fraction of sp³-hybridized carbons (Fsp3) is 0.481. The molecule has 0 radical (unpaired) electrons. The normalized spacial score (nSPS) is 18.3. The first-order valence-electron chi connectivity index (χ1n) is 12.2. The van der Waals surface area contributed by atoms with Gasteiger partial charge in [-0.15, -0.1) is 24.0 Å². The highest BCUT2D eigenvalue weighted by molar-refractivity contribution is 14.0. The molecule has 2 saturated heterocycles. The van der Waals surface area contributed by atoms with Crippen molar-refractivity contribution in [1.29, 1.82) is 0 Å². The molecule has 2 fully saturated rings. The van der Waals surface area contributed by atoms with E-state index in [2.05, 4.69) is 65.7 Å². The summed E-state index contributed by atoms with van der Waals surface area (Å²) in [5.41, 5.74) is 3.59. The van der Waals surface area contributed by atoms with E-state index in [1.165, 1.54) is 16.7 Å². The molecule has 0 saturated carbocycles. The number of rotatable bonds is 9. The number of guanidine groups is 1. The number of carbonyl (C=O) groups excluding carboxylic acids is 1. The van der Waals surface area contributed by atoms with E-state index in [-0.39, 0.29) is 29.9 Å². The molecule has 1 amide bonds. The predicted octanol–water partition coefficient (Wildman–Crippen LogP) is 4.43. The minimum Gasteiger partial charge on any atom is -0.376 e. The summed E-state index contributed by atoms with van der Waals surface area (Å²) >= 11 is 0. The van der Waals surface area contributed by atoms with Crippen LogP contribution in [0.2, 0.25) is 0 Å². The van der Waals surface area contributed by atoms with Gasteiger partial charge in [0.25, 0.3) is 0 Å². The van der Waals surface area contributed by atoms with Gasteiger partial charge >= 0.3 is 0 Å². The molecule has 1 atom stereocenters. The van der Waals surface area contributed by atoms with E-state index in [4.69, 9.17) is 9.73 Å². The Morgan fingerprint density at radius 1 is 1.06 bits per heavy atom. The molecule has 1 unspecified atom stereocenters. The second kappa shape index (κ2) is 13.7. The Labute approximate surface area is 220 Å². The lowest BCUT2D eigenvalue weighted by Crippen LogP contribution is -2.40. The zero-order valence-electron chi connectivity index (χ0n) is 20.1. The van der Waals surface area contributed by atoms with Gasteiger partial charge in [0.2, 0.25) is 5.91 Å². The Morgan fingerprint density at radius 2 is 1.82 bits per heavy atom. The van der Waals surface area contributed by atoms with Crippen LogP contribution in [0.25, 0.3) is 0 Å². The number of amides is 1. The maximum Gasteiger partial charge on any atom is 0.222 e. The SMILES string of the molecule is CCNC(=NCc1ccc(CN2CCCC2=O)cc1)N1CCC(COCc2ccccc2)C1.I. The summed E-state index contributed by atoms with van der Waals surface area (Å²) in [5.74, 6) is 1.79. The third-order valence-corrected chi connectivity index (χ3v) is 6.36. The number of benzene rings is 2.